The van der Waals surface area contributed by atoms with Gasteiger partial charge >= 0.3 is 0 Å². The van der Waals surface area contributed by atoms with E-state index < -0.39 is 27.1 Å². The van der Waals surface area contributed by atoms with Gasteiger partial charge in [0, 0.05) is 31.6 Å². The Bertz CT molecular complexity index is 1510. The Balaban J connectivity index is 1.43. The molecule has 0 atom stereocenters. The molecule has 202 valence electrons. The fraction of sp³-hybridized carbons (Fsp3) is 0.583. The number of nitrogens with one attached hydrogen (secondary N) is 1. The number of sulfonamides is 1. The third-order valence-corrected chi connectivity index (χ3v) is 10.2. The molecule has 0 bridgehead atoms. The summed E-state index contributed by atoms with van der Waals surface area (Å²) >= 11 is 0.743. The van der Waals surface area contributed by atoms with E-state index in [1.807, 2.05) is 0 Å². The smallest absolute Gasteiger partial charge is 0.299 e. The second-order valence-corrected chi connectivity index (χ2v) is 13.0. The van der Waals surface area contributed by atoms with Crippen LogP contribution < -0.4 is 9.62 Å². The zero-order valence-electron chi connectivity index (χ0n) is 20.9. The van der Waals surface area contributed by atoms with Gasteiger partial charge < -0.3 is 9.80 Å². The highest BCUT2D eigenvalue weighted by atomic mass is 32.2. The van der Waals surface area contributed by atoms with Crippen molar-refractivity contribution in [3.63, 3.8) is 0 Å². The number of hydrogen-bond donors (Lipinski definition) is 1. The zero-order valence-corrected chi connectivity index (χ0v) is 22.5. The molecular weight excluding hydrogens is 534 g/mol. The molecule has 1 saturated carbocycles. The van der Waals surface area contributed by atoms with Gasteiger partial charge in [0.15, 0.2) is 10.0 Å². The summed E-state index contributed by atoms with van der Waals surface area (Å²) in [7, 11) is -2.27. The van der Waals surface area contributed by atoms with Crippen molar-refractivity contribution in [3.05, 3.63) is 28.6 Å². The standard InChI is InChI=1S/C24H28F2N8O2S2/c1-27-24(7-8-24)31-38(35,36)16-13-17-19(22-28-29-23(37-22)21(25)26)30-32(2)20(17)18(14-16)34-11-5-15(6-12-34)33-9-3-4-10-33/h13-15,21,31H,3-12H2,2H3. The molecule has 0 amide bonds. The van der Waals surface area contributed by atoms with Crippen molar-refractivity contribution >= 4 is 38.0 Å². The van der Waals surface area contributed by atoms with Crippen molar-refractivity contribution in [2.45, 2.75) is 61.6 Å². The molecule has 1 aliphatic carbocycles. The second kappa shape index (κ2) is 9.48. The van der Waals surface area contributed by atoms with E-state index in [1.54, 1.807) is 17.8 Å². The Morgan fingerprint density at radius 1 is 1.16 bits per heavy atom. The fourth-order valence-electron chi connectivity index (χ4n) is 5.58. The summed E-state index contributed by atoms with van der Waals surface area (Å²) in [5.74, 6) is 0. The summed E-state index contributed by atoms with van der Waals surface area (Å²) in [4.78, 5) is 8.25. The summed E-state index contributed by atoms with van der Waals surface area (Å²) in [6, 6.07) is 3.67. The lowest BCUT2D eigenvalue weighted by Gasteiger charge is -2.38. The van der Waals surface area contributed by atoms with Gasteiger partial charge in [0.2, 0.25) is 10.0 Å². The molecule has 3 aliphatic rings. The van der Waals surface area contributed by atoms with Crippen LogP contribution in [0.1, 0.15) is 50.0 Å². The summed E-state index contributed by atoms with van der Waals surface area (Å²) in [5.41, 5.74) is 0.642. The van der Waals surface area contributed by atoms with Crippen molar-refractivity contribution in [1.82, 2.24) is 29.6 Å². The number of halogens is 2. The van der Waals surface area contributed by atoms with Gasteiger partial charge in [-0.05, 0) is 50.9 Å². The van der Waals surface area contributed by atoms with Gasteiger partial charge in [0.05, 0.1) is 28.9 Å². The van der Waals surface area contributed by atoms with Crippen molar-refractivity contribution in [3.8, 4) is 10.7 Å². The Labute approximate surface area is 223 Å². The lowest BCUT2D eigenvalue weighted by Crippen LogP contribution is -2.44. The Morgan fingerprint density at radius 2 is 1.87 bits per heavy atom. The number of anilines is 1. The summed E-state index contributed by atoms with van der Waals surface area (Å²) in [6.45, 7) is 11.2. The monoisotopic (exact) mass is 562 g/mol. The summed E-state index contributed by atoms with van der Waals surface area (Å²) < 4.78 is 57.7. The highest BCUT2D eigenvalue weighted by Gasteiger charge is 2.54. The number of aromatic nitrogens is 4. The van der Waals surface area contributed by atoms with Gasteiger partial charge in [-0.15, -0.1) is 14.9 Å². The summed E-state index contributed by atoms with van der Waals surface area (Å²) in [5, 5.41) is 12.4. The predicted molar refractivity (Wildman–Crippen MR) is 140 cm³/mol. The van der Waals surface area contributed by atoms with Crippen LogP contribution in [0.3, 0.4) is 0 Å². The molecule has 0 spiro atoms. The molecule has 1 aromatic carbocycles. The number of aryl methyl sites for hydroxylation is 1. The average molecular weight is 563 g/mol. The van der Waals surface area contributed by atoms with Crippen molar-refractivity contribution < 1.29 is 17.2 Å². The number of nitrogens with zero attached hydrogens (tertiary/aromatic N) is 7. The van der Waals surface area contributed by atoms with Crippen LogP contribution >= 0.6 is 11.3 Å². The number of rotatable bonds is 7. The molecule has 2 aromatic heterocycles. The first kappa shape index (κ1) is 25.5. The maximum absolute atomic E-state index is 13.5. The number of hydrogen-bond acceptors (Lipinski definition) is 8. The minimum atomic E-state index is -4.03. The van der Waals surface area contributed by atoms with E-state index in [0.29, 0.717) is 35.5 Å². The zero-order chi connectivity index (χ0) is 26.7. The molecule has 1 N–H and O–H groups in total. The van der Waals surface area contributed by atoms with Crippen molar-refractivity contribution in [1.29, 1.82) is 0 Å². The van der Waals surface area contributed by atoms with Crippen LogP contribution in [-0.2, 0) is 17.1 Å². The molecule has 6 rings (SSSR count). The van der Waals surface area contributed by atoms with Crippen molar-refractivity contribution in [2.75, 3.05) is 31.1 Å². The van der Waals surface area contributed by atoms with Gasteiger partial charge in [-0.2, -0.15) is 5.10 Å². The molecule has 3 fully saturated rings. The maximum atomic E-state index is 13.5. The topological polar surface area (TPSA) is 101 Å². The van der Waals surface area contributed by atoms with Gasteiger partial charge in [-0.1, -0.05) is 11.3 Å². The first-order valence-corrected chi connectivity index (χ1v) is 15.0. The Morgan fingerprint density at radius 3 is 2.47 bits per heavy atom. The molecule has 0 radical (unpaired) electrons. The number of alkyl halides is 2. The molecule has 38 heavy (non-hydrogen) atoms. The second-order valence-electron chi connectivity index (χ2n) is 10.3. The average Bonchev–Trinajstić information content (AvgIpc) is 3.31. The van der Waals surface area contributed by atoms with E-state index in [9.17, 15) is 17.2 Å². The minimum Gasteiger partial charge on any atom is -0.370 e. The molecule has 4 heterocycles. The molecule has 0 unspecified atom stereocenters. The highest BCUT2D eigenvalue weighted by Crippen LogP contribution is 2.41. The van der Waals surface area contributed by atoms with Gasteiger partial charge in [-0.3, -0.25) is 9.53 Å². The Kier molecular flexibility index (Phi) is 6.37. The molecular formula is C24H28F2N8O2S2. The van der Waals surface area contributed by atoms with E-state index in [-0.39, 0.29) is 9.90 Å². The van der Waals surface area contributed by atoms with Crippen LogP contribution in [0.5, 0.6) is 0 Å². The van der Waals surface area contributed by atoms with Crippen molar-refractivity contribution in [2.24, 2.45) is 7.05 Å². The normalized spacial score (nSPS) is 20.4. The molecule has 3 aromatic rings. The molecule has 14 heteroatoms. The van der Waals surface area contributed by atoms with Gasteiger partial charge in [0.25, 0.3) is 12.1 Å². The van der Waals surface area contributed by atoms with E-state index in [0.717, 1.165) is 56.0 Å². The first-order valence-electron chi connectivity index (χ1n) is 12.7. The van der Waals surface area contributed by atoms with E-state index in [4.69, 9.17) is 6.57 Å². The largest absolute Gasteiger partial charge is 0.370 e. The number of piperidine rings is 1. The highest BCUT2D eigenvalue weighted by molar-refractivity contribution is 7.89. The quantitative estimate of drug-likeness (QED) is 0.438. The van der Waals surface area contributed by atoms with Crippen LogP contribution in [0.25, 0.3) is 26.4 Å². The molecule has 2 saturated heterocycles. The lowest BCUT2D eigenvalue weighted by atomic mass is 10.0. The van der Waals surface area contributed by atoms with Crippen LogP contribution in [0.4, 0.5) is 14.5 Å². The maximum Gasteiger partial charge on any atom is 0.299 e. The van der Waals surface area contributed by atoms with Crippen LogP contribution in [0.2, 0.25) is 0 Å². The van der Waals surface area contributed by atoms with Crippen LogP contribution in [0.15, 0.2) is 17.0 Å². The Hall–Kier alpha value is -2.73. The van der Waals surface area contributed by atoms with Crippen LogP contribution in [-0.4, -0.2) is 71.2 Å². The third kappa shape index (κ3) is 4.55. The number of benzene rings is 1. The molecule has 2 aliphatic heterocycles. The number of likely N-dealkylation sites (tertiary alicyclic amines) is 1. The van der Waals surface area contributed by atoms with Crippen LogP contribution in [0, 0.1) is 6.57 Å². The fourth-order valence-corrected chi connectivity index (χ4v) is 7.69. The SMILES string of the molecule is [C-]#[N+]C1(NS(=O)(=O)c2cc(N3CCC(N4CCCC4)CC3)c3c(c2)c(-c2nnc(C(F)F)s2)nn3C)CC1. The lowest BCUT2D eigenvalue weighted by molar-refractivity contribution is 0.150. The molecule has 10 nitrogen and oxygen atoms in total. The van der Waals surface area contributed by atoms with E-state index in [1.165, 1.54) is 18.9 Å². The number of fused-ring (bicyclic) bond motifs is 1. The first-order chi connectivity index (χ1) is 18.2. The minimum absolute atomic E-state index is 0.0180. The predicted octanol–water partition coefficient (Wildman–Crippen LogP) is 3.78. The summed E-state index contributed by atoms with van der Waals surface area (Å²) in [6.07, 6.45) is 2.58. The van der Waals surface area contributed by atoms with Gasteiger partial charge in [0.1, 0.15) is 5.69 Å². The third-order valence-electron chi connectivity index (χ3n) is 7.76. The van der Waals surface area contributed by atoms with E-state index in [2.05, 4.69) is 34.7 Å². The van der Waals surface area contributed by atoms with Gasteiger partial charge in [-0.25, -0.2) is 23.8 Å². The van der Waals surface area contributed by atoms with E-state index >= 15 is 0 Å².